The molecule has 1 aromatic rings. The fourth-order valence-electron chi connectivity index (χ4n) is 2.35. The van der Waals surface area contributed by atoms with Crippen LogP contribution in [0, 0.1) is 12.8 Å². The third-order valence-corrected chi connectivity index (χ3v) is 4.28. The number of hydrogen-bond acceptors (Lipinski definition) is 3. The highest BCUT2D eigenvalue weighted by atomic mass is 32.1. The van der Waals surface area contributed by atoms with Gasteiger partial charge in [-0.2, -0.15) is 0 Å². The van der Waals surface area contributed by atoms with Crippen molar-refractivity contribution < 1.29 is 14.7 Å². The van der Waals surface area contributed by atoms with Gasteiger partial charge in [0.05, 0.1) is 12.3 Å². The number of amides is 1. The Bertz CT molecular complexity index is 455. The molecular formula is C13H17NO3S. The fraction of sp³-hybridized carbons (Fsp3) is 0.538. The highest BCUT2D eigenvalue weighted by molar-refractivity contribution is 7.12. The lowest BCUT2D eigenvalue weighted by Gasteiger charge is -2.11. The molecule has 1 aliphatic carbocycles. The first-order valence-electron chi connectivity index (χ1n) is 6.12. The second-order valence-electron chi connectivity index (χ2n) is 4.80. The molecule has 1 aliphatic rings. The Morgan fingerprint density at radius 3 is 2.78 bits per heavy atom. The van der Waals surface area contributed by atoms with Crippen LogP contribution in [0.1, 0.15) is 29.0 Å². The van der Waals surface area contributed by atoms with Crippen LogP contribution < -0.4 is 5.32 Å². The summed E-state index contributed by atoms with van der Waals surface area (Å²) in [6.07, 6.45) is 2.39. The average Bonchev–Trinajstić information content (AvgIpc) is 2.88. The summed E-state index contributed by atoms with van der Waals surface area (Å²) in [5, 5.41) is 11.8. The van der Waals surface area contributed by atoms with Crippen molar-refractivity contribution in [2.45, 2.75) is 38.6 Å². The zero-order valence-corrected chi connectivity index (χ0v) is 11.1. The molecule has 0 aliphatic heterocycles. The monoisotopic (exact) mass is 267 g/mol. The second kappa shape index (κ2) is 5.52. The summed E-state index contributed by atoms with van der Waals surface area (Å²) in [5.74, 6) is -1.05. The Morgan fingerprint density at radius 1 is 1.44 bits per heavy atom. The van der Waals surface area contributed by atoms with Gasteiger partial charge in [0.2, 0.25) is 5.91 Å². The molecule has 18 heavy (non-hydrogen) atoms. The largest absolute Gasteiger partial charge is 0.481 e. The van der Waals surface area contributed by atoms with Crippen molar-refractivity contribution >= 4 is 23.2 Å². The molecule has 0 saturated heterocycles. The van der Waals surface area contributed by atoms with Crippen LogP contribution in [-0.4, -0.2) is 23.0 Å². The van der Waals surface area contributed by atoms with E-state index in [-0.39, 0.29) is 17.9 Å². The van der Waals surface area contributed by atoms with E-state index in [1.54, 1.807) is 11.3 Å². The van der Waals surface area contributed by atoms with Gasteiger partial charge in [-0.15, -0.1) is 11.3 Å². The second-order valence-corrected chi connectivity index (χ2v) is 6.17. The summed E-state index contributed by atoms with van der Waals surface area (Å²) in [6, 6.07) is 4.00. The van der Waals surface area contributed by atoms with Crippen molar-refractivity contribution in [1.29, 1.82) is 0 Å². The van der Waals surface area contributed by atoms with Crippen LogP contribution in [0.2, 0.25) is 0 Å². The molecule has 1 saturated carbocycles. The van der Waals surface area contributed by atoms with Gasteiger partial charge in [0.15, 0.2) is 0 Å². The van der Waals surface area contributed by atoms with E-state index in [1.165, 1.54) is 4.88 Å². The van der Waals surface area contributed by atoms with E-state index in [2.05, 4.69) is 5.32 Å². The number of carbonyl (C=O) groups is 2. The SMILES string of the molecule is Cc1ccc(CC(=O)N[C@H]2CC[C@@H](C(=O)O)C2)s1. The fourth-order valence-corrected chi connectivity index (χ4v) is 3.24. The summed E-state index contributed by atoms with van der Waals surface area (Å²) in [7, 11) is 0. The Morgan fingerprint density at radius 2 is 2.22 bits per heavy atom. The third-order valence-electron chi connectivity index (χ3n) is 3.28. The smallest absolute Gasteiger partial charge is 0.306 e. The maximum Gasteiger partial charge on any atom is 0.306 e. The predicted octanol–water partition coefficient (Wildman–Crippen LogP) is 1.97. The van der Waals surface area contributed by atoms with Gasteiger partial charge in [0.25, 0.3) is 0 Å². The molecule has 1 aromatic heterocycles. The Kier molecular flexibility index (Phi) is 4.01. The van der Waals surface area contributed by atoms with Gasteiger partial charge in [-0.25, -0.2) is 0 Å². The Labute approximate surface area is 110 Å². The van der Waals surface area contributed by atoms with Crippen LogP contribution in [0.3, 0.4) is 0 Å². The lowest BCUT2D eigenvalue weighted by Crippen LogP contribution is -2.34. The van der Waals surface area contributed by atoms with E-state index >= 15 is 0 Å². The molecule has 2 N–H and O–H groups in total. The molecule has 0 aromatic carbocycles. The first-order chi connectivity index (χ1) is 8.54. The van der Waals surface area contributed by atoms with Crippen LogP contribution in [-0.2, 0) is 16.0 Å². The van der Waals surface area contributed by atoms with Crippen molar-refractivity contribution in [1.82, 2.24) is 5.32 Å². The molecular weight excluding hydrogens is 250 g/mol. The maximum absolute atomic E-state index is 11.8. The van der Waals surface area contributed by atoms with Crippen LogP contribution in [0.15, 0.2) is 12.1 Å². The number of aliphatic carboxylic acids is 1. The molecule has 98 valence electrons. The summed E-state index contributed by atoms with van der Waals surface area (Å²) < 4.78 is 0. The lowest BCUT2D eigenvalue weighted by molar-refractivity contribution is -0.141. The summed E-state index contributed by atoms with van der Waals surface area (Å²) in [4.78, 5) is 24.9. The van der Waals surface area contributed by atoms with Gasteiger partial charge >= 0.3 is 5.97 Å². The van der Waals surface area contributed by atoms with Crippen molar-refractivity contribution in [2.24, 2.45) is 5.92 Å². The number of nitrogens with one attached hydrogen (secondary N) is 1. The van der Waals surface area contributed by atoms with E-state index in [1.807, 2.05) is 19.1 Å². The predicted molar refractivity (Wildman–Crippen MR) is 69.7 cm³/mol. The number of carbonyl (C=O) groups excluding carboxylic acids is 1. The van der Waals surface area contributed by atoms with Gasteiger partial charge in [-0.05, 0) is 38.3 Å². The normalized spacial score (nSPS) is 22.9. The summed E-state index contributed by atoms with van der Waals surface area (Å²) in [5.41, 5.74) is 0. The number of hydrogen-bond donors (Lipinski definition) is 2. The summed E-state index contributed by atoms with van der Waals surface area (Å²) >= 11 is 1.62. The maximum atomic E-state index is 11.8. The Balaban J connectivity index is 1.80. The highest BCUT2D eigenvalue weighted by Gasteiger charge is 2.30. The molecule has 1 heterocycles. The van der Waals surface area contributed by atoms with Gasteiger partial charge in [0.1, 0.15) is 0 Å². The quantitative estimate of drug-likeness (QED) is 0.876. The number of thiophene rings is 1. The van der Waals surface area contributed by atoms with E-state index < -0.39 is 5.97 Å². The van der Waals surface area contributed by atoms with Crippen molar-refractivity contribution in [3.63, 3.8) is 0 Å². The molecule has 1 fully saturated rings. The van der Waals surface area contributed by atoms with Gasteiger partial charge in [0, 0.05) is 15.8 Å². The molecule has 1 amide bonds. The van der Waals surface area contributed by atoms with Crippen molar-refractivity contribution in [2.75, 3.05) is 0 Å². The standard InChI is InChI=1S/C13H17NO3S/c1-8-2-5-11(18-8)7-12(15)14-10-4-3-9(6-10)13(16)17/h2,5,9-10H,3-4,6-7H2,1H3,(H,14,15)(H,16,17)/t9-,10+/m1/s1. The van der Waals surface area contributed by atoms with Crippen LogP contribution in [0.5, 0.6) is 0 Å². The first kappa shape index (κ1) is 13.1. The van der Waals surface area contributed by atoms with E-state index in [4.69, 9.17) is 5.11 Å². The van der Waals surface area contributed by atoms with Crippen molar-refractivity contribution in [3.8, 4) is 0 Å². The third kappa shape index (κ3) is 3.32. The number of carboxylic acid groups (broad SMARTS) is 1. The average molecular weight is 267 g/mol. The number of rotatable bonds is 4. The Hall–Kier alpha value is -1.36. The zero-order chi connectivity index (χ0) is 13.1. The molecule has 0 radical (unpaired) electrons. The molecule has 5 heteroatoms. The van der Waals surface area contributed by atoms with Crippen LogP contribution in [0.4, 0.5) is 0 Å². The number of carboxylic acids is 1. The van der Waals surface area contributed by atoms with E-state index in [0.29, 0.717) is 19.3 Å². The van der Waals surface area contributed by atoms with Gasteiger partial charge in [-0.3, -0.25) is 9.59 Å². The van der Waals surface area contributed by atoms with E-state index in [0.717, 1.165) is 11.3 Å². The lowest BCUT2D eigenvalue weighted by atomic mass is 10.1. The number of aryl methyl sites for hydroxylation is 1. The molecule has 2 rings (SSSR count). The van der Waals surface area contributed by atoms with Crippen LogP contribution >= 0.6 is 11.3 Å². The molecule has 0 unspecified atom stereocenters. The van der Waals surface area contributed by atoms with Gasteiger partial charge < -0.3 is 10.4 Å². The minimum absolute atomic E-state index is 0.00658. The molecule has 2 atom stereocenters. The zero-order valence-electron chi connectivity index (χ0n) is 10.3. The van der Waals surface area contributed by atoms with E-state index in [9.17, 15) is 9.59 Å². The van der Waals surface area contributed by atoms with Crippen LogP contribution in [0.25, 0.3) is 0 Å². The highest BCUT2D eigenvalue weighted by Crippen LogP contribution is 2.25. The van der Waals surface area contributed by atoms with Gasteiger partial charge in [-0.1, -0.05) is 0 Å². The molecule has 0 bridgehead atoms. The first-order valence-corrected chi connectivity index (χ1v) is 6.93. The molecule has 0 spiro atoms. The molecule has 4 nitrogen and oxygen atoms in total. The summed E-state index contributed by atoms with van der Waals surface area (Å²) in [6.45, 7) is 2.01. The topological polar surface area (TPSA) is 66.4 Å². The van der Waals surface area contributed by atoms with Crippen molar-refractivity contribution in [3.05, 3.63) is 21.9 Å². The minimum Gasteiger partial charge on any atom is -0.481 e. The minimum atomic E-state index is -0.749.